The fraction of sp³-hybridized carbons (Fsp3) is 0.538. The van der Waals surface area contributed by atoms with Crippen LogP contribution >= 0.6 is 0 Å². The molecule has 1 saturated heterocycles. The van der Waals surface area contributed by atoms with Crippen molar-refractivity contribution in [3.63, 3.8) is 0 Å². The van der Waals surface area contributed by atoms with E-state index in [1.807, 2.05) is 30.5 Å². The predicted octanol–water partition coefficient (Wildman–Crippen LogP) is 4.36. The maximum atomic E-state index is 12.6. The highest BCUT2D eigenvalue weighted by molar-refractivity contribution is 5.88. The van der Waals surface area contributed by atoms with Crippen molar-refractivity contribution in [3.8, 4) is 22.8 Å². The van der Waals surface area contributed by atoms with Crippen LogP contribution in [0.4, 0.5) is 0 Å². The largest absolute Gasteiger partial charge is 0.493 e. The summed E-state index contributed by atoms with van der Waals surface area (Å²) in [5.74, 6) is -0.0770. The predicted molar refractivity (Wildman–Crippen MR) is 129 cm³/mol. The van der Waals surface area contributed by atoms with E-state index in [0.29, 0.717) is 43.6 Å². The molecule has 2 aliphatic rings. The summed E-state index contributed by atoms with van der Waals surface area (Å²) in [6, 6.07) is 5.18. The van der Waals surface area contributed by atoms with Gasteiger partial charge in [-0.15, -0.1) is 0 Å². The lowest BCUT2D eigenvalue weighted by Gasteiger charge is -2.49. The molecule has 0 aliphatic carbocycles. The molecule has 3 heterocycles. The van der Waals surface area contributed by atoms with Crippen LogP contribution in [0.1, 0.15) is 62.0 Å². The Labute approximate surface area is 200 Å². The highest BCUT2D eigenvalue weighted by atomic mass is 16.5. The molecule has 0 amide bonds. The molecule has 0 spiro atoms. The molecule has 0 unspecified atom stereocenters. The summed E-state index contributed by atoms with van der Waals surface area (Å²) in [4.78, 5) is 24.3. The van der Waals surface area contributed by atoms with Gasteiger partial charge in [-0.1, -0.05) is 27.7 Å². The van der Waals surface area contributed by atoms with Crippen LogP contribution in [0, 0.1) is 5.41 Å². The van der Waals surface area contributed by atoms with Gasteiger partial charge in [0.05, 0.1) is 38.7 Å². The van der Waals surface area contributed by atoms with Gasteiger partial charge < -0.3 is 28.6 Å². The Hall–Kier alpha value is -2.84. The van der Waals surface area contributed by atoms with Crippen LogP contribution in [-0.2, 0) is 9.47 Å². The van der Waals surface area contributed by atoms with E-state index in [0.717, 1.165) is 17.5 Å². The second-order valence-corrected chi connectivity index (χ2v) is 8.99. The second-order valence-electron chi connectivity index (χ2n) is 8.99. The standard InChI is InChI=1S/C24H29NO7.C2H6/c1-24(2)13-31-12-17-14-8-21(32-7-5-6-29-3)20(30-4)9-15(14)18-10-19(26)16(23(27)28)11-25(18)22(17)24;1-2/h8-11,17,22H,5-7,12-13H2,1-4H3,(H,27,28);1-2H3/t17-,22+;/m1./s1. The van der Waals surface area contributed by atoms with Crippen molar-refractivity contribution in [1.82, 2.24) is 4.57 Å². The number of pyridine rings is 1. The van der Waals surface area contributed by atoms with Crippen LogP contribution in [0.3, 0.4) is 0 Å². The number of nitrogens with zero attached hydrogens (tertiary/aromatic N) is 1. The molecular formula is C26H35NO7. The number of carbonyl (C=O) groups is 1. The van der Waals surface area contributed by atoms with E-state index in [9.17, 15) is 14.7 Å². The van der Waals surface area contributed by atoms with Crippen LogP contribution < -0.4 is 14.9 Å². The Morgan fingerprint density at radius 3 is 2.56 bits per heavy atom. The number of aromatic nitrogens is 1. The van der Waals surface area contributed by atoms with Crippen LogP contribution in [0.2, 0.25) is 0 Å². The number of carboxylic acids is 1. The van der Waals surface area contributed by atoms with Crippen molar-refractivity contribution in [3.05, 3.63) is 45.7 Å². The van der Waals surface area contributed by atoms with Crippen molar-refractivity contribution < 1.29 is 28.8 Å². The topological polar surface area (TPSA) is 96.2 Å². The van der Waals surface area contributed by atoms with Crippen LogP contribution in [-0.4, -0.2) is 56.3 Å². The van der Waals surface area contributed by atoms with Crippen molar-refractivity contribution in [2.75, 3.05) is 40.6 Å². The van der Waals surface area contributed by atoms with Crippen LogP contribution in [0.5, 0.6) is 11.5 Å². The van der Waals surface area contributed by atoms with Crippen LogP contribution in [0.15, 0.2) is 29.2 Å². The molecule has 0 saturated carbocycles. The maximum absolute atomic E-state index is 12.6. The van der Waals surface area contributed by atoms with Crippen molar-refractivity contribution in [2.24, 2.45) is 5.41 Å². The quantitative estimate of drug-likeness (QED) is 0.597. The van der Waals surface area contributed by atoms with E-state index >= 15 is 0 Å². The molecule has 34 heavy (non-hydrogen) atoms. The Bertz CT molecular complexity index is 1090. The normalized spacial score (nSPS) is 19.6. The molecule has 2 aliphatic heterocycles. The van der Waals surface area contributed by atoms with Crippen molar-refractivity contribution in [2.45, 2.75) is 46.1 Å². The lowest BCUT2D eigenvalue weighted by molar-refractivity contribution is -0.0430. The molecule has 8 heteroatoms. The van der Waals surface area contributed by atoms with E-state index in [4.69, 9.17) is 18.9 Å². The van der Waals surface area contributed by atoms with Gasteiger partial charge in [-0.2, -0.15) is 0 Å². The number of hydrogen-bond donors (Lipinski definition) is 1. The number of benzene rings is 1. The van der Waals surface area contributed by atoms with Gasteiger partial charge in [0, 0.05) is 49.3 Å². The summed E-state index contributed by atoms with van der Waals surface area (Å²) in [7, 11) is 3.22. The molecular weight excluding hydrogens is 438 g/mol. The number of rotatable bonds is 7. The lowest BCUT2D eigenvalue weighted by atomic mass is 9.70. The van der Waals surface area contributed by atoms with Crippen molar-refractivity contribution in [1.29, 1.82) is 0 Å². The summed E-state index contributed by atoms with van der Waals surface area (Å²) in [5.41, 5.74) is 1.48. The minimum Gasteiger partial charge on any atom is -0.493 e. The average molecular weight is 474 g/mol. The fourth-order valence-electron chi connectivity index (χ4n) is 4.92. The number of fused-ring (bicyclic) bond motifs is 6. The van der Waals surface area contributed by atoms with Crippen LogP contribution in [0.25, 0.3) is 11.3 Å². The summed E-state index contributed by atoms with van der Waals surface area (Å²) >= 11 is 0. The number of aromatic carboxylic acids is 1. The molecule has 2 atom stereocenters. The molecule has 2 aromatic rings. The minimum atomic E-state index is -1.23. The first kappa shape index (κ1) is 25.8. The van der Waals surface area contributed by atoms with E-state index in [2.05, 4.69) is 13.8 Å². The monoisotopic (exact) mass is 473 g/mol. The molecule has 8 nitrogen and oxygen atoms in total. The first-order valence-corrected chi connectivity index (χ1v) is 11.7. The van der Waals surface area contributed by atoms with Crippen molar-refractivity contribution >= 4 is 5.97 Å². The molecule has 1 fully saturated rings. The molecule has 1 N–H and O–H groups in total. The molecule has 0 radical (unpaired) electrons. The highest BCUT2D eigenvalue weighted by Crippen LogP contribution is 2.54. The number of ether oxygens (including phenoxy) is 4. The Morgan fingerprint density at radius 2 is 1.91 bits per heavy atom. The Kier molecular flexibility index (Phi) is 8.05. The third-order valence-electron chi connectivity index (χ3n) is 6.32. The summed E-state index contributed by atoms with van der Waals surface area (Å²) in [6.07, 6.45) is 2.23. The smallest absolute Gasteiger partial charge is 0.341 e. The number of carboxylic acid groups (broad SMARTS) is 1. The van der Waals surface area contributed by atoms with Gasteiger partial charge in [0.1, 0.15) is 5.56 Å². The molecule has 0 bridgehead atoms. The van der Waals surface area contributed by atoms with Gasteiger partial charge in [0.15, 0.2) is 16.9 Å². The number of hydrogen-bond acceptors (Lipinski definition) is 6. The molecule has 186 valence electrons. The fourth-order valence-corrected chi connectivity index (χ4v) is 4.92. The summed E-state index contributed by atoms with van der Waals surface area (Å²) < 4.78 is 24.6. The zero-order valence-electron chi connectivity index (χ0n) is 20.8. The van der Waals surface area contributed by atoms with Gasteiger partial charge in [-0.05, 0) is 17.7 Å². The lowest BCUT2D eigenvalue weighted by Crippen LogP contribution is -2.45. The van der Waals surface area contributed by atoms with Gasteiger partial charge in [0.25, 0.3) is 0 Å². The third-order valence-corrected chi connectivity index (χ3v) is 6.32. The molecule has 1 aromatic heterocycles. The Morgan fingerprint density at radius 1 is 1.18 bits per heavy atom. The van der Waals surface area contributed by atoms with E-state index < -0.39 is 11.4 Å². The summed E-state index contributed by atoms with van der Waals surface area (Å²) in [5, 5.41) is 9.54. The van der Waals surface area contributed by atoms with Gasteiger partial charge >= 0.3 is 5.97 Å². The zero-order chi connectivity index (χ0) is 25.0. The maximum Gasteiger partial charge on any atom is 0.341 e. The first-order valence-electron chi connectivity index (χ1n) is 11.7. The molecule has 4 rings (SSSR count). The van der Waals surface area contributed by atoms with E-state index in [-0.39, 0.29) is 22.9 Å². The molecule has 1 aromatic carbocycles. The Balaban J connectivity index is 0.00000158. The average Bonchev–Trinajstić information content (AvgIpc) is 2.82. The minimum absolute atomic E-state index is 0.0300. The van der Waals surface area contributed by atoms with Gasteiger partial charge in [-0.3, -0.25) is 4.79 Å². The zero-order valence-corrected chi connectivity index (χ0v) is 20.8. The second kappa shape index (κ2) is 10.6. The first-order chi connectivity index (χ1) is 16.3. The van der Waals surface area contributed by atoms with E-state index in [1.165, 1.54) is 12.3 Å². The number of methoxy groups -OCH3 is 2. The van der Waals surface area contributed by atoms with Gasteiger partial charge in [0.2, 0.25) is 0 Å². The summed E-state index contributed by atoms with van der Waals surface area (Å²) in [6.45, 7) is 10.3. The van der Waals surface area contributed by atoms with E-state index in [1.54, 1.807) is 14.2 Å². The highest BCUT2D eigenvalue weighted by Gasteiger charge is 2.46. The third kappa shape index (κ3) is 4.70. The SMILES string of the molecule is CC.COCCCOc1cc2c(cc1OC)-c1cc(=O)c(C(=O)O)cn1[C@H]1[C@@H]2COCC1(C)C. The van der Waals surface area contributed by atoms with Gasteiger partial charge in [-0.25, -0.2) is 4.79 Å².